The first-order valence-electron chi connectivity index (χ1n) is 19.4. The second-order valence-corrected chi connectivity index (χ2v) is 18.8. The Morgan fingerprint density at radius 2 is 1.18 bits per heavy atom. The molecule has 0 bridgehead atoms. The van der Waals surface area contributed by atoms with Crippen molar-refractivity contribution < 1.29 is 9.47 Å². The molecular formula is C46H45Br2Cl3N4O2. The molecule has 4 aliphatic heterocycles. The fraction of sp³-hybridized carbons (Fsp3) is 0.348. The molecule has 57 heavy (non-hydrogen) atoms. The first-order chi connectivity index (χ1) is 27.4. The summed E-state index contributed by atoms with van der Waals surface area (Å²) in [4.78, 5) is 11.7. The summed E-state index contributed by atoms with van der Waals surface area (Å²) in [7, 11) is 0. The first kappa shape index (κ1) is 40.8. The molecule has 0 amide bonds. The van der Waals surface area contributed by atoms with Gasteiger partial charge in [-0.15, -0.1) is 0 Å². The number of hydrogen-bond acceptors (Lipinski definition) is 6. The maximum atomic E-state index is 6.39. The molecule has 2 aromatic heterocycles. The summed E-state index contributed by atoms with van der Waals surface area (Å²) in [6, 6.07) is 24.8. The molecule has 4 aliphatic rings. The molecule has 6 nitrogen and oxygen atoms in total. The van der Waals surface area contributed by atoms with Crippen LogP contribution in [0.4, 0.5) is 17.1 Å². The number of ether oxygens (including phenoxy) is 2. The predicted molar refractivity (Wildman–Crippen MR) is 245 cm³/mol. The van der Waals surface area contributed by atoms with Crippen molar-refractivity contribution in [3.63, 3.8) is 0 Å². The van der Waals surface area contributed by atoms with E-state index in [0.717, 1.165) is 123 Å². The van der Waals surface area contributed by atoms with Crippen LogP contribution in [0.2, 0.25) is 15.1 Å². The molecule has 2 saturated heterocycles. The average Bonchev–Trinajstić information content (AvgIpc) is 3.69. The zero-order valence-corrected chi connectivity index (χ0v) is 38.0. The summed E-state index contributed by atoms with van der Waals surface area (Å²) in [5.74, 6) is 0. The Balaban J connectivity index is 0.000000132. The van der Waals surface area contributed by atoms with E-state index < -0.39 is 0 Å². The standard InChI is InChI=1S/C23H22BrClN2O.C12H14BrNO.C11H9Cl2N/c1-14-15(2)26-20-6-4-17(25)12-18(20)22(14)27-13-23(7-9-28-10-8-23)19-5-3-16(24)11-21(19)27;13-9-1-2-10-11(7-9)14-8-12(10)3-5-15-6-4-12;1-6-7(2)14-10-4-3-8(12)5-9(10)11(6)13/h3-6,11-12H,7-10,13H2,1-2H3;1-2,7,14H,3-6,8H2;3-5H,1-2H3. The van der Waals surface area contributed by atoms with Gasteiger partial charge in [0.05, 0.1) is 21.7 Å². The maximum absolute atomic E-state index is 6.39. The van der Waals surface area contributed by atoms with Gasteiger partial charge in [0.25, 0.3) is 0 Å². The molecule has 6 aromatic rings. The molecule has 0 atom stereocenters. The van der Waals surface area contributed by atoms with Gasteiger partial charge in [0.15, 0.2) is 0 Å². The molecule has 0 aliphatic carbocycles. The van der Waals surface area contributed by atoms with E-state index in [1.807, 2.05) is 44.2 Å². The van der Waals surface area contributed by atoms with Crippen molar-refractivity contribution >= 4 is 106 Å². The Labute approximate surface area is 366 Å². The van der Waals surface area contributed by atoms with Gasteiger partial charge in [-0.2, -0.15) is 0 Å². The number of anilines is 3. The normalized spacial score (nSPS) is 17.5. The van der Waals surface area contributed by atoms with Gasteiger partial charge in [-0.1, -0.05) is 78.8 Å². The smallest absolute Gasteiger partial charge is 0.0727 e. The van der Waals surface area contributed by atoms with E-state index in [1.165, 1.54) is 33.8 Å². The number of aromatic nitrogens is 2. The van der Waals surface area contributed by atoms with Crippen LogP contribution in [0.3, 0.4) is 0 Å². The highest BCUT2D eigenvalue weighted by Crippen LogP contribution is 2.52. The van der Waals surface area contributed by atoms with Crippen LogP contribution >= 0.6 is 66.7 Å². The van der Waals surface area contributed by atoms with Gasteiger partial charge in [0.1, 0.15) is 0 Å². The quantitative estimate of drug-likeness (QED) is 0.177. The lowest BCUT2D eigenvalue weighted by Gasteiger charge is -2.35. The number of rotatable bonds is 1. The van der Waals surface area contributed by atoms with E-state index in [0.29, 0.717) is 10.4 Å². The van der Waals surface area contributed by atoms with Crippen LogP contribution in [0.5, 0.6) is 0 Å². The molecule has 10 rings (SSSR count). The van der Waals surface area contributed by atoms with Crippen molar-refractivity contribution in [3.8, 4) is 0 Å². The largest absolute Gasteiger partial charge is 0.384 e. The Morgan fingerprint density at radius 3 is 1.82 bits per heavy atom. The average molecular weight is 952 g/mol. The van der Waals surface area contributed by atoms with Crippen LogP contribution in [0.15, 0.2) is 81.7 Å². The number of hydrogen-bond donors (Lipinski definition) is 1. The van der Waals surface area contributed by atoms with Crippen molar-refractivity contribution in [3.05, 3.63) is 130 Å². The molecule has 2 fully saturated rings. The Kier molecular flexibility index (Phi) is 11.9. The maximum Gasteiger partial charge on any atom is 0.0727 e. The third kappa shape index (κ3) is 7.93. The zero-order valence-electron chi connectivity index (χ0n) is 32.5. The Hall–Kier alpha value is -2.95. The third-order valence-corrected chi connectivity index (χ3v) is 14.3. The van der Waals surface area contributed by atoms with Gasteiger partial charge in [0, 0.05) is 103 Å². The van der Waals surface area contributed by atoms with Gasteiger partial charge in [-0.25, -0.2) is 0 Å². The highest BCUT2D eigenvalue weighted by molar-refractivity contribution is 9.10. The minimum Gasteiger partial charge on any atom is -0.384 e. The highest BCUT2D eigenvalue weighted by atomic mass is 79.9. The number of aryl methyl sites for hydroxylation is 2. The monoisotopic (exact) mass is 948 g/mol. The van der Waals surface area contributed by atoms with Crippen molar-refractivity contribution in [1.82, 2.24) is 9.97 Å². The summed E-state index contributed by atoms with van der Waals surface area (Å²) >= 11 is 25.7. The van der Waals surface area contributed by atoms with Gasteiger partial charge in [-0.05, 0) is 136 Å². The van der Waals surface area contributed by atoms with E-state index in [-0.39, 0.29) is 5.41 Å². The van der Waals surface area contributed by atoms with E-state index in [1.54, 1.807) is 0 Å². The summed E-state index contributed by atoms with van der Waals surface area (Å²) in [5, 5.41) is 7.72. The summed E-state index contributed by atoms with van der Waals surface area (Å²) in [6.45, 7) is 13.7. The molecule has 6 heterocycles. The second-order valence-electron chi connectivity index (χ2n) is 15.7. The van der Waals surface area contributed by atoms with Gasteiger partial charge in [0.2, 0.25) is 0 Å². The van der Waals surface area contributed by atoms with Gasteiger partial charge < -0.3 is 19.7 Å². The topological polar surface area (TPSA) is 59.5 Å². The van der Waals surface area contributed by atoms with E-state index in [2.05, 4.69) is 103 Å². The minimum absolute atomic E-state index is 0.142. The zero-order chi connectivity index (χ0) is 40.1. The van der Waals surface area contributed by atoms with E-state index in [9.17, 15) is 0 Å². The number of fused-ring (bicyclic) bond motifs is 6. The number of nitrogens with zero attached hydrogens (tertiary/aromatic N) is 3. The summed E-state index contributed by atoms with van der Waals surface area (Å²) in [5.41, 5.74) is 13.3. The van der Waals surface area contributed by atoms with Crippen LogP contribution < -0.4 is 10.2 Å². The fourth-order valence-corrected chi connectivity index (χ4v) is 10.3. The van der Waals surface area contributed by atoms with E-state index in [4.69, 9.17) is 49.3 Å². The summed E-state index contributed by atoms with van der Waals surface area (Å²) in [6.07, 6.45) is 4.41. The van der Waals surface area contributed by atoms with Gasteiger partial charge >= 0.3 is 0 Å². The SMILES string of the molecule is Brc1ccc2c(c1)NCC21CCOCC1.Cc1nc2ccc(Cl)cc2c(Cl)c1C.Cc1nc2ccc(Cl)cc2c(N2CC3(CCOCC3)c3ccc(Br)cc32)c1C. The highest BCUT2D eigenvalue weighted by Gasteiger charge is 2.45. The van der Waals surface area contributed by atoms with Crippen LogP contribution in [0.25, 0.3) is 21.8 Å². The van der Waals surface area contributed by atoms with Crippen LogP contribution in [0.1, 0.15) is 59.3 Å². The molecule has 0 saturated carbocycles. The predicted octanol–water partition coefficient (Wildman–Crippen LogP) is 13.5. The Morgan fingerprint density at radius 1 is 0.632 bits per heavy atom. The number of benzene rings is 4. The fourth-order valence-electron chi connectivity index (χ4n) is 8.92. The van der Waals surface area contributed by atoms with Gasteiger partial charge in [-0.3, -0.25) is 9.97 Å². The lowest BCUT2D eigenvalue weighted by molar-refractivity contribution is 0.0558. The van der Waals surface area contributed by atoms with Crippen LogP contribution in [-0.4, -0.2) is 49.5 Å². The first-order valence-corrected chi connectivity index (χ1v) is 22.2. The third-order valence-electron chi connectivity index (χ3n) is 12.4. The Bertz CT molecular complexity index is 2500. The number of pyridine rings is 2. The van der Waals surface area contributed by atoms with Crippen molar-refractivity contribution in [1.29, 1.82) is 0 Å². The molecule has 0 unspecified atom stereocenters. The molecule has 2 spiro atoms. The lowest BCUT2D eigenvalue weighted by atomic mass is 9.76. The van der Waals surface area contributed by atoms with E-state index >= 15 is 0 Å². The molecule has 296 valence electrons. The molecule has 0 radical (unpaired) electrons. The summed E-state index contributed by atoms with van der Waals surface area (Å²) < 4.78 is 13.4. The number of halogens is 5. The molecule has 11 heteroatoms. The van der Waals surface area contributed by atoms with Crippen molar-refractivity contribution in [2.24, 2.45) is 0 Å². The van der Waals surface area contributed by atoms with Crippen LogP contribution in [0, 0.1) is 27.7 Å². The van der Waals surface area contributed by atoms with Crippen LogP contribution in [-0.2, 0) is 20.3 Å². The molecule has 1 N–H and O–H groups in total. The lowest BCUT2D eigenvalue weighted by Crippen LogP contribution is -2.37. The molecule has 4 aromatic carbocycles. The van der Waals surface area contributed by atoms with Crippen molar-refractivity contribution in [2.75, 3.05) is 49.7 Å². The number of nitrogens with one attached hydrogen (secondary N) is 1. The van der Waals surface area contributed by atoms with Crippen molar-refractivity contribution in [2.45, 2.75) is 64.2 Å². The second kappa shape index (κ2) is 16.6. The minimum atomic E-state index is 0.142. The molecular weight excluding hydrogens is 907 g/mol.